The molecule has 7 heteroatoms. The molecule has 0 aliphatic carbocycles. The average Bonchev–Trinajstić information content (AvgIpc) is 2.65. The molecule has 0 radical (unpaired) electrons. The molecule has 5 nitrogen and oxygen atoms in total. The van der Waals surface area contributed by atoms with Crippen LogP contribution in [0.25, 0.3) is 0 Å². The Hall–Kier alpha value is -1.01. The number of rotatable bonds is 5. The molecule has 0 saturated heterocycles. The van der Waals surface area contributed by atoms with E-state index in [0.717, 1.165) is 25.1 Å². The number of nitrogens with one attached hydrogen (secondary N) is 1. The van der Waals surface area contributed by atoms with Crippen LogP contribution in [-0.4, -0.2) is 25.5 Å². The van der Waals surface area contributed by atoms with Gasteiger partial charge in [-0.1, -0.05) is 13.3 Å². The van der Waals surface area contributed by atoms with Crippen molar-refractivity contribution in [2.75, 3.05) is 0 Å². The monoisotopic (exact) mass is 279 g/mol. The molecule has 1 unspecified atom stereocenters. The van der Waals surface area contributed by atoms with Crippen molar-refractivity contribution in [3.8, 4) is 0 Å². The number of H-pyrrole nitrogens is 1. The molecule has 0 aliphatic rings. The lowest BCUT2D eigenvalue weighted by Crippen LogP contribution is -2.14. The molecule has 1 atom stereocenters. The summed E-state index contributed by atoms with van der Waals surface area (Å²) in [7, 11) is 1.31. The number of aromatic amines is 1. The molecule has 1 rings (SSSR count). The molecule has 0 spiro atoms. The van der Waals surface area contributed by atoms with Crippen LogP contribution >= 0.6 is 10.7 Å². The fourth-order valence-corrected chi connectivity index (χ4v) is 2.07. The van der Waals surface area contributed by atoms with Crippen LogP contribution in [0.15, 0.2) is 17.2 Å². The molecule has 17 heavy (non-hydrogen) atoms. The second-order valence-electron chi connectivity index (χ2n) is 3.69. The quantitative estimate of drug-likeness (QED) is 0.663. The molecule has 0 saturated carbocycles. The first-order valence-corrected chi connectivity index (χ1v) is 7.49. The van der Waals surface area contributed by atoms with Crippen molar-refractivity contribution < 1.29 is 17.9 Å². The molecule has 0 bridgehead atoms. The number of carbonyl (C=O) groups excluding carboxylic acids is 1. The maximum atomic E-state index is 11.6. The Morgan fingerprint density at radius 1 is 1.59 bits per heavy atom. The summed E-state index contributed by atoms with van der Waals surface area (Å²) in [5.41, 5.74) is 0.0761. The van der Waals surface area contributed by atoms with E-state index in [2.05, 4.69) is 4.98 Å². The van der Waals surface area contributed by atoms with Crippen LogP contribution in [0.5, 0.6) is 0 Å². The van der Waals surface area contributed by atoms with E-state index in [9.17, 15) is 13.2 Å². The third-order valence-corrected chi connectivity index (χ3v) is 3.49. The van der Waals surface area contributed by atoms with Gasteiger partial charge in [-0.3, -0.25) is 0 Å². The molecule has 0 aromatic carbocycles. The summed E-state index contributed by atoms with van der Waals surface area (Å²) in [5.74, 6) is -0.586. The highest BCUT2D eigenvalue weighted by Crippen LogP contribution is 2.16. The number of ether oxygens (including phenoxy) is 1. The Balaban J connectivity index is 2.74. The molecule has 96 valence electrons. The Bertz CT molecular complexity index is 494. The first kappa shape index (κ1) is 14.1. The van der Waals surface area contributed by atoms with Crippen molar-refractivity contribution in [3.05, 3.63) is 18.0 Å². The van der Waals surface area contributed by atoms with Gasteiger partial charge in [0.15, 0.2) is 0 Å². The third kappa shape index (κ3) is 4.05. The largest absolute Gasteiger partial charge is 0.458 e. The molecule has 1 aromatic heterocycles. The Kier molecular flexibility index (Phi) is 4.59. The first-order chi connectivity index (χ1) is 7.84. The van der Waals surface area contributed by atoms with Gasteiger partial charge in [-0.05, 0) is 19.4 Å². The van der Waals surface area contributed by atoms with E-state index in [0.29, 0.717) is 0 Å². The fraction of sp³-hybridized carbons (Fsp3) is 0.500. The van der Waals surface area contributed by atoms with Crippen molar-refractivity contribution in [1.82, 2.24) is 4.98 Å². The predicted octanol–water partition coefficient (Wildman–Crippen LogP) is 2.29. The summed E-state index contributed by atoms with van der Waals surface area (Å²) >= 11 is 0. The van der Waals surface area contributed by atoms with Gasteiger partial charge in [0.2, 0.25) is 0 Å². The lowest BCUT2D eigenvalue weighted by atomic mass is 10.2. The van der Waals surface area contributed by atoms with E-state index in [-0.39, 0.29) is 16.7 Å². The minimum atomic E-state index is -3.82. The summed E-state index contributed by atoms with van der Waals surface area (Å²) in [6.45, 7) is 3.76. The topological polar surface area (TPSA) is 76.2 Å². The fourth-order valence-electron chi connectivity index (χ4n) is 1.34. The Morgan fingerprint density at radius 3 is 2.71 bits per heavy atom. The van der Waals surface area contributed by atoms with Gasteiger partial charge >= 0.3 is 5.97 Å². The van der Waals surface area contributed by atoms with Crippen LogP contribution in [0.3, 0.4) is 0 Å². The second kappa shape index (κ2) is 5.55. The van der Waals surface area contributed by atoms with Gasteiger partial charge in [-0.2, -0.15) is 0 Å². The minimum Gasteiger partial charge on any atom is -0.458 e. The van der Waals surface area contributed by atoms with Crippen LogP contribution in [0.2, 0.25) is 0 Å². The maximum Gasteiger partial charge on any atom is 0.355 e. The molecular weight excluding hydrogens is 266 g/mol. The highest BCUT2D eigenvalue weighted by atomic mass is 35.7. The maximum absolute atomic E-state index is 11.6. The minimum absolute atomic E-state index is 0.0761. The number of esters is 1. The van der Waals surface area contributed by atoms with Crippen molar-refractivity contribution in [2.24, 2.45) is 0 Å². The van der Waals surface area contributed by atoms with E-state index < -0.39 is 15.0 Å². The lowest BCUT2D eigenvalue weighted by molar-refractivity contribution is 0.0317. The van der Waals surface area contributed by atoms with Crippen LogP contribution < -0.4 is 0 Å². The molecule has 0 aliphatic heterocycles. The number of halogens is 1. The summed E-state index contributed by atoms with van der Waals surface area (Å²) in [5, 5.41) is 0. The zero-order valence-corrected chi connectivity index (χ0v) is 11.1. The Morgan fingerprint density at radius 2 is 2.24 bits per heavy atom. The number of carbonyl (C=O) groups is 1. The number of aromatic nitrogens is 1. The molecule has 0 amide bonds. The summed E-state index contributed by atoms with van der Waals surface area (Å²) in [6.07, 6.45) is 2.61. The van der Waals surface area contributed by atoms with E-state index >= 15 is 0 Å². The van der Waals surface area contributed by atoms with Gasteiger partial charge in [0.05, 0.1) is 6.10 Å². The highest BCUT2D eigenvalue weighted by Gasteiger charge is 2.18. The summed E-state index contributed by atoms with van der Waals surface area (Å²) in [4.78, 5) is 14.0. The molecule has 1 N–H and O–H groups in total. The summed E-state index contributed by atoms with van der Waals surface area (Å²) in [6, 6.07) is 1.16. The van der Waals surface area contributed by atoms with Gasteiger partial charge in [0.1, 0.15) is 10.6 Å². The first-order valence-electron chi connectivity index (χ1n) is 5.18. The third-order valence-electron chi connectivity index (χ3n) is 2.16. The van der Waals surface area contributed by atoms with Gasteiger partial charge in [0, 0.05) is 16.9 Å². The van der Waals surface area contributed by atoms with Gasteiger partial charge in [0.25, 0.3) is 9.05 Å². The van der Waals surface area contributed by atoms with Crippen LogP contribution in [-0.2, 0) is 13.8 Å². The smallest absolute Gasteiger partial charge is 0.355 e. The standard InChI is InChI=1S/C10H14ClNO4S/c1-3-4-7(2)16-10(13)9-5-8(6-12-9)17(11,14)15/h5-7,12H,3-4H2,1-2H3. The highest BCUT2D eigenvalue weighted by molar-refractivity contribution is 8.13. The average molecular weight is 280 g/mol. The normalized spacial score (nSPS) is 13.4. The van der Waals surface area contributed by atoms with E-state index in [4.69, 9.17) is 15.4 Å². The van der Waals surface area contributed by atoms with Gasteiger partial charge < -0.3 is 9.72 Å². The van der Waals surface area contributed by atoms with Crippen molar-refractivity contribution in [1.29, 1.82) is 0 Å². The molecule has 1 heterocycles. The van der Waals surface area contributed by atoms with Crippen LogP contribution in [0.1, 0.15) is 37.2 Å². The van der Waals surface area contributed by atoms with Crippen molar-refractivity contribution in [3.63, 3.8) is 0 Å². The molecule has 0 fully saturated rings. The SMILES string of the molecule is CCCC(C)OC(=O)c1cc(S(=O)(=O)Cl)c[nH]1. The molecule has 1 aromatic rings. The molecular formula is C10H14ClNO4S. The van der Waals surface area contributed by atoms with Crippen molar-refractivity contribution in [2.45, 2.75) is 37.7 Å². The van der Waals surface area contributed by atoms with Gasteiger partial charge in [-0.25, -0.2) is 13.2 Å². The zero-order valence-electron chi connectivity index (χ0n) is 9.57. The summed E-state index contributed by atoms with van der Waals surface area (Å²) < 4.78 is 27.1. The second-order valence-corrected chi connectivity index (χ2v) is 6.26. The Labute approximate surface area is 105 Å². The number of hydrogen-bond acceptors (Lipinski definition) is 4. The van der Waals surface area contributed by atoms with E-state index in [1.807, 2.05) is 6.92 Å². The van der Waals surface area contributed by atoms with Gasteiger partial charge in [-0.15, -0.1) is 0 Å². The van der Waals surface area contributed by atoms with E-state index in [1.165, 1.54) is 0 Å². The van der Waals surface area contributed by atoms with Crippen molar-refractivity contribution >= 4 is 25.7 Å². The predicted molar refractivity (Wildman–Crippen MR) is 63.6 cm³/mol. The zero-order chi connectivity index (χ0) is 13.1. The van der Waals surface area contributed by atoms with Crippen LogP contribution in [0.4, 0.5) is 0 Å². The number of hydrogen-bond donors (Lipinski definition) is 1. The van der Waals surface area contributed by atoms with Crippen LogP contribution in [0, 0.1) is 0 Å². The van der Waals surface area contributed by atoms with E-state index in [1.54, 1.807) is 6.92 Å². The lowest BCUT2D eigenvalue weighted by Gasteiger charge is -2.10.